The Kier molecular flexibility index (Phi) is 4.70. The molecular formula is C12H15BrN2S2. The third-order valence-corrected chi connectivity index (χ3v) is 4.98. The van der Waals surface area contributed by atoms with Crippen LogP contribution in [0.15, 0.2) is 22.7 Å². The van der Waals surface area contributed by atoms with Crippen molar-refractivity contribution in [1.29, 1.82) is 0 Å². The molecule has 1 unspecified atom stereocenters. The van der Waals surface area contributed by atoms with Crippen molar-refractivity contribution in [2.75, 3.05) is 23.4 Å². The Balaban J connectivity index is 1.98. The normalized spacial score (nSPS) is 19.2. The Morgan fingerprint density at radius 1 is 1.59 bits per heavy atom. The number of halogens is 1. The van der Waals surface area contributed by atoms with Gasteiger partial charge in [0, 0.05) is 22.3 Å². The molecule has 1 aromatic rings. The van der Waals surface area contributed by atoms with Gasteiger partial charge < -0.3 is 11.1 Å². The zero-order valence-electron chi connectivity index (χ0n) is 9.41. The van der Waals surface area contributed by atoms with Crippen molar-refractivity contribution in [2.24, 2.45) is 11.7 Å². The number of hydrogen-bond acceptors (Lipinski definition) is 3. The Morgan fingerprint density at radius 2 is 2.41 bits per heavy atom. The van der Waals surface area contributed by atoms with E-state index in [1.165, 1.54) is 17.9 Å². The molecule has 1 saturated heterocycles. The molecule has 0 aromatic heterocycles. The average Bonchev–Trinajstić information content (AvgIpc) is 2.80. The zero-order valence-corrected chi connectivity index (χ0v) is 12.6. The molecule has 1 heterocycles. The molecule has 17 heavy (non-hydrogen) atoms. The molecule has 2 nitrogen and oxygen atoms in total. The van der Waals surface area contributed by atoms with Crippen LogP contribution in [0.1, 0.15) is 12.0 Å². The summed E-state index contributed by atoms with van der Waals surface area (Å²) in [5.74, 6) is 3.37. The van der Waals surface area contributed by atoms with E-state index in [2.05, 4.69) is 21.2 Å². The van der Waals surface area contributed by atoms with Crippen molar-refractivity contribution >= 4 is 50.6 Å². The summed E-state index contributed by atoms with van der Waals surface area (Å²) in [4.78, 5) is 0.435. The average molecular weight is 331 g/mol. The molecule has 1 fully saturated rings. The van der Waals surface area contributed by atoms with Gasteiger partial charge in [0.05, 0.1) is 0 Å². The highest BCUT2D eigenvalue weighted by atomic mass is 79.9. The van der Waals surface area contributed by atoms with E-state index < -0.39 is 0 Å². The number of benzene rings is 1. The van der Waals surface area contributed by atoms with Crippen molar-refractivity contribution < 1.29 is 0 Å². The van der Waals surface area contributed by atoms with Crippen LogP contribution < -0.4 is 11.1 Å². The first kappa shape index (κ1) is 13.2. The molecule has 5 heteroatoms. The predicted molar refractivity (Wildman–Crippen MR) is 84.0 cm³/mol. The monoisotopic (exact) mass is 330 g/mol. The standard InChI is InChI=1S/C12H15BrN2S2/c13-10-5-9(12(14)16)1-2-11(10)15-6-8-3-4-17-7-8/h1-2,5,8,15H,3-4,6-7H2,(H2,14,16). The topological polar surface area (TPSA) is 38.0 Å². The summed E-state index contributed by atoms with van der Waals surface area (Å²) in [6.07, 6.45) is 1.32. The van der Waals surface area contributed by atoms with Crippen LogP contribution in [-0.2, 0) is 0 Å². The van der Waals surface area contributed by atoms with E-state index in [-0.39, 0.29) is 0 Å². The van der Waals surface area contributed by atoms with E-state index in [9.17, 15) is 0 Å². The molecule has 2 rings (SSSR count). The Labute approximate surface area is 120 Å². The van der Waals surface area contributed by atoms with E-state index in [1.54, 1.807) is 0 Å². The van der Waals surface area contributed by atoms with Crippen molar-refractivity contribution in [3.05, 3.63) is 28.2 Å². The minimum atomic E-state index is 0.435. The van der Waals surface area contributed by atoms with Crippen LogP contribution in [0.25, 0.3) is 0 Å². The van der Waals surface area contributed by atoms with Gasteiger partial charge in [0.1, 0.15) is 4.99 Å². The molecule has 0 amide bonds. The first-order valence-corrected chi connectivity index (χ1v) is 7.93. The minimum Gasteiger partial charge on any atom is -0.389 e. The summed E-state index contributed by atoms with van der Waals surface area (Å²) in [7, 11) is 0. The number of thioether (sulfide) groups is 1. The highest BCUT2D eigenvalue weighted by Gasteiger charge is 2.15. The maximum atomic E-state index is 5.59. The maximum absolute atomic E-state index is 5.59. The molecule has 0 aliphatic carbocycles. The van der Waals surface area contributed by atoms with E-state index in [0.717, 1.165) is 28.2 Å². The van der Waals surface area contributed by atoms with Crippen LogP contribution in [0.4, 0.5) is 5.69 Å². The number of rotatable bonds is 4. The third-order valence-electron chi connectivity index (χ3n) is 2.86. The van der Waals surface area contributed by atoms with Crippen LogP contribution in [0, 0.1) is 5.92 Å². The van der Waals surface area contributed by atoms with Crippen molar-refractivity contribution in [2.45, 2.75) is 6.42 Å². The summed E-state index contributed by atoms with van der Waals surface area (Å²) in [5.41, 5.74) is 7.60. The summed E-state index contributed by atoms with van der Waals surface area (Å²) in [6, 6.07) is 5.95. The van der Waals surface area contributed by atoms with E-state index >= 15 is 0 Å². The first-order valence-electron chi connectivity index (χ1n) is 5.58. The molecule has 0 bridgehead atoms. The molecule has 1 atom stereocenters. The second-order valence-electron chi connectivity index (χ2n) is 4.17. The van der Waals surface area contributed by atoms with Crippen molar-refractivity contribution in [1.82, 2.24) is 0 Å². The Morgan fingerprint density at radius 3 is 3.00 bits per heavy atom. The largest absolute Gasteiger partial charge is 0.389 e. The van der Waals surface area contributed by atoms with Gasteiger partial charge in [-0.3, -0.25) is 0 Å². The lowest BCUT2D eigenvalue weighted by molar-refractivity contribution is 0.631. The van der Waals surface area contributed by atoms with Gasteiger partial charge in [0.2, 0.25) is 0 Å². The molecule has 3 N–H and O–H groups in total. The van der Waals surface area contributed by atoms with Crippen LogP contribution in [0.3, 0.4) is 0 Å². The quantitative estimate of drug-likeness (QED) is 0.831. The Hall–Kier alpha value is -0.260. The van der Waals surface area contributed by atoms with Gasteiger partial charge in [-0.05, 0) is 58.0 Å². The minimum absolute atomic E-state index is 0.435. The van der Waals surface area contributed by atoms with Gasteiger partial charge in [0.25, 0.3) is 0 Å². The lowest BCUT2D eigenvalue weighted by atomic mass is 10.1. The molecule has 1 aliphatic heterocycles. The summed E-state index contributed by atoms with van der Waals surface area (Å²) in [5, 5.41) is 3.48. The van der Waals surface area contributed by atoms with E-state index in [4.69, 9.17) is 18.0 Å². The number of nitrogens with two attached hydrogens (primary N) is 1. The Bertz CT molecular complexity index is 417. The summed E-state index contributed by atoms with van der Waals surface area (Å²) < 4.78 is 1.02. The molecular weight excluding hydrogens is 316 g/mol. The number of thiocarbonyl (C=S) groups is 1. The summed E-state index contributed by atoms with van der Waals surface area (Å²) >= 11 is 10.5. The van der Waals surface area contributed by atoms with Crippen LogP contribution in [-0.4, -0.2) is 23.0 Å². The van der Waals surface area contributed by atoms with Gasteiger partial charge in [-0.15, -0.1) is 0 Å². The van der Waals surface area contributed by atoms with Gasteiger partial charge in [0.15, 0.2) is 0 Å². The van der Waals surface area contributed by atoms with Gasteiger partial charge in [-0.2, -0.15) is 11.8 Å². The summed E-state index contributed by atoms with van der Waals surface area (Å²) in [6.45, 7) is 1.04. The zero-order chi connectivity index (χ0) is 12.3. The van der Waals surface area contributed by atoms with E-state index in [1.807, 2.05) is 30.0 Å². The molecule has 1 aromatic carbocycles. The second-order valence-corrected chi connectivity index (χ2v) is 6.61. The van der Waals surface area contributed by atoms with Gasteiger partial charge in [-0.25, -0.2) is 0 Å². The van der Waals surface area contributed by atoms with Crippen molar-refractivity contribution in [3.63, 3.8) is 0 Å². The second kappa shape index (κ2) is 6.07. The van der Waals surface area contributed by atoms with Crippen molar-refractivity contribution in [3.8, 4) is 0 Å². The fourth-order valence-electron chi connectivity index (χ4n) is 1.81. The number of anilines is 1. The maximum Gasteiger partial charge on any atom is 0.104 e. The molecule has 0 spiro atoms. The van der Waals surface area contributed by atoms with Gasteiger partial charge >= 0.3 is 0 Å². The first-order chi connectivity index (χ1) is 8.16. The lowest BCUT2D eigenvalue weighted by Crippen LogP contribution is -2.14. The molecule has 92 valence electrons. The van der Waals surface area contributed by atoms with E-state index in [0.29, 0.717) is 4.99 Å². The molecule has 0 saturated carbocycles. The number of nitrogens with one attached hydrogen (secondary N) is 1. The smallest absolute Gasteiger partial charge is 0.104 e. The SMILES string of the molecule is NC(=S)c1ccc(NCC2CCSC2)c(Br)c1. The molecule has 1 aliphatic rings. The highest BCUT2D eigenvalue weighted by molar-refractivity contribution is 9.10. The fourth-order valence-corrected chi connectivity index (χ4v) is 3.74. The highest BCUT2D eigenvalue weighted by Crippen LogP contribution is 2.27. The third kappa shape index (κ3) is 3.60. The van der Waals surface area contributed by atoms with Crippen LogP contribution in [0.2, 0.25) is 0 Å². The number of hydrogen-bond donors (Lipinski definition) is 2. The molecule has 0 radical (unpaired) electrons. The van der Waals surface area contributed by atoms with Gasteiger partial charge in [-0.1, -0.05) is 12.2 Å². The fraction of sp³-hybridized carbons (Fsp3) is 0.417. The van der Waals surface area contributed by atoms with Crippen LogP contribution in [0.5, 0.6) is 0 Å². The van der Waals surface area contributed by atoms with Crippen LogP contribution >= 0.6 is 39.9 Å². The lowest BCUT2D eigenvalue weighted by Gasteiger charge is -2.13. The predicted octanol–water partition coefficient (Wildman–Crippen LogP) is 3.25.